The monoisotopic (exact) mass is 351 g/mol. The lowest BCUT2D eigenvalue weighted by atomic mass is 9.86. The normalized spacial score (nSPS) is 21.0. The minimum atomic E-state index is -0.882. The molecule has 1 aromatic heterocycles. The molecule has 1 fully saturated rings. The molecule has 0 bridgehead atoms. The first-order chi connectivity index (χ1) is 11.9. The summed E-state index contributed by atoms with van der Waals surface area (Å²) in [5.41, 5.74) is 0.0813. The Labute approximate surface area is 146 Å². The van der Waals surface area contributed by atoms with Crippen molar-refractivity contribution in [2.75, 3.05) is 14.1 Å². The number of carbonyl (C=O) groups is 3. The quantitative estimate of drug-likeness (QED) is 0.798. The Kier molecular flexibility index (Phi) is 6.49. The van der Waals surface area contributed by atoms with Crippen LogP contribution in [0.2, 0.25) is 0 Å². The van der Waals surface area contributed by atoms with Crippen molar-refractivity contribution in [3.8, 4) is 0 Å². The van der Waals surface area contributed by atoms with E-state index in [9.17, 15) is 19.5 Å². The second-order valence-electron chi connectivity index (χ2n) is 6.61. The number of amides is 2. The third-order valence-electron chi connectivity index (χ3n) is 4.47. The largest absolute Gasteiger partial charge is 0.481 e. The molecular formula is C16H25N5O4. The maximum Gasteiger partial charge on any atom is 0.308 e. The van der Waals surface area contributed by atoms with Gasteiger partial charge >= 0.3 is 5.97 Å². The van der Waals surface area contributed by atoms with Gasteiger partial charge in [-0.25, -0.2) is 4.68 Å². The van der Waals surface area contributed by atoms with Crippen molar-refractivity contribution in [3.63, 3.8) is 0 Å². The number of nitrogens with zero attached hydrogens (tertiary/aromatic N) is 4. The van der Waals surface area contributed by atoms with Gasteiger partial charge in [-0.2, -0.15) is 0 Å². The van der Waals surface area contributed by atoms with Gasteiger partial charge in [0.25, 0.3) is 5.91 Å². The van der Waals surface area contributed by atoms with Crippen molar-refractivity contribution in [3.05, 3.63) is 11.9 Å². The molecule has 2 amide bonds. The van der Waals surface area contributed by atoms with Crippen molar-refractivity contribution < 1.29 is 19.5 Å². The van der Waals surface area contributed by atoms with E-state index in [1.165, 1.54) is 15.8 Å². The molecular weight excluding hydrogens is 326 g/mol. The van der Waals surface area contributed by atoms with E-state index in [1.807, 2.05) is 0 Å². The van der Waals surface area contributed by atoms with Gasteiger partial charge in [0.2, 0.25) is 5.91 Å². The molecule has 1 saturated carbocycles. The summed E-state index contributed by atoms with van der Waals surface area (Å²) >= 11 is 0. The molecule has 2 N–H and O–H groups in total. The lowest BCUT2D eigenvalue weighted by molar-refractivity contribution is -0.143. The molecule has 0 saturated heterocycles. The molecule has 2 unspecified atom stereocenters. The molecule has 1 aliphatic rings. The van der Waals surface area contributed by atoms with Gasteiger partial charge in [0.15, 0.2) is 5.69 Å². The number of aliphatic carboxylic acids is 1. The zero-order chi connectivity index (χ0) is 18.4. The standard InChI is InChI=1S/C16H25N5O4/c1-20(2)14(22)10-21-9-13(18-19-21)15(23)17-12-8-6-4-3-5-7-11(12)16(24)25/h9,11-12H,3-8,10H2,1-2H3,(H,17,23)(H,24,25). The molecule has 0 aliphatic heterocycles. The van der Waals surface area contributed by atoms with Crippen molar-refractivity contribution in [2.45, 2.75) is 51.1 Å². The summed E-state index contributed by atoms with van der Waals surface area (Å²) in [7, 11) is 3.26. The molecule has 9 heteroatoms. The summed E-state index contributed by atoms with van der Waals surface area (Å²) < 4.78 is 1.30. The first-order valence-electron chi connectivity index (χ1n) is 8.52. The highest BCUT2D eigenvalue weighted by molar-refractivity contribution is 5.92. The van der Waals surface area contributed by atoms with Crippen LogP contribution < -0.4 is 5.32 Å². The van der Waals surface area contributed by atoms with Crippen molar-refractivity contribution in [2.24, 2.45) is 5.92 Å². The van der Waals surface area contributed by atoms with Crippen molar-refractivity contribution in [1.82, 2.24) is 25.2 Å². The van der Waals surface area contributed by atoms with E-state index in [1.54, 1.807) is 14.1 Å². The van der Waals surface area contributed by atoms with Crippen molar-refractivity contribution >= 4 is 17.8 Å². The predicted molar refractivity (Wildman–Crippen MR) is 88.8 cm³/mol. The van der Waals surface area contributed by atoms with Gasteiger partial charge in [-0.1, -0.05) is 30.9 Å². The van der Waals surface area contributed by atoms with Crippen LogP contribution in [0, 0.1) is 5.92 Å². The summed E-state index contributed by atoms with van der Waals surface area (Å²) in [5.74, 6) is -2.09. The SMILES string of the molecule is CN(C)C(=O)Cn1cc(C(=O)NC2CCCCCCC2C(=O)O)nn1. The molecule has 9 nitrogen and oxygen atoms in total. The van der Waals surface area contributed by atoms with Crippen LogP contribution in [0.25, 0.3) is 0 Å². The number of hydrogen-bond donors (Lipinski definition) is 2. The Bertz CT molecular complexity index is 628. The van der Waals surface area contributed by atoms with Crippen LogP contribution in [0.4, 0.5) is 0 Å². The Morgan fingerprint density at radius 1 is 1.24 bits per heavy atom. The van der Waals surface area contributed by atoms with Crippen molar-refractivity contribution in [1.29, 1.82) is 0 Å². The molecule has 2 atom stereocenters. The van der Waals surface area contributed by atoms with Gasteiger partial charge in [0, 0.05) is 20.1 Å². The average Bonchev–Trinajstić information content (AvgIpc) is 2.98. The second-order valence-corrected chi connectivity index (χ2v) is 6.61. The highest BCUT2D eigenvalue weighted by Gasteiger charge is 2.30. The molecule has 0 radical (unpaired) electrons. The van der Waals surface area contributed by atoms with Crippen LogP contribution in [0.3, 0.4) is 0 Å². The van der Waals surface area contributed by atoms with Crippen LogP contribution in [-0.2, 0) is 16.1 Å². The fourth-order valence-electron chi connectivity index (χ4n) is 2.95. The molecule has 25 heavy (non-hydrogen) atoms. The number of hydrogen-bond acceptors (Lipinski definition) is 5. The Morgan fingerprint density at radius 3 is 2.56 bits per heavy atom. The molecule has 0 spiro atoms. The fourth-order valence-corrected chi connectivity index (χ4v) is 2.95. The highest BCUT2D eigenvalue weighted by atomic mass is 16.4. The van der Waals surface area contributed by atoms with E-state index in [4.69, 9.17) is 0 Å². The van der Waals surface area contributed by atoms with Gasteiger partial charge in [0.1, 0.15) is 6.54 Å². The fraction of sp³-hybridized carbons (Fsp3) is 0.688. The predicted octanol–water partition coefficient (Wildman–Crippen LogP) is 0.520. The van der Waals surface area contributed by atoms with Crippen LogP contribution in [0.5, 0.6) is 0 Å². The second kappa shape index (κ2) is 8.59. The van der Waals surface area contributed by atoms with Gasteiger partial charge in [-0.3, -0.25) is 14.4 Å². The highest BCUT2D eigenvalue weighted by Crippen LogP contribution is 2.23. The van der Waals surface area contributed by atoms with Crippen LogP contribution >= 0.6 is 0 Å². The topological polar surface area (TPSA) is 117 Å². The summed E-state index contributed by atoms with van der Waals surface area (Å²) in [6.07, 6.45) is 6.40. The van der Waals surface area contributed by atoms with E-state index in [-0.39, 0.29) is 18.1 Å². The molecule has 0 aromatic carbocycles. The summed E-state index contributed by atoms with van der Waals surface area (Å²) in [6.45, 7) is -0.00550. The maximum atomic E-state index is 12.4. The van der Waals surface area contributed by atoms with E-state index in [0.29, 0.717) is 12.8 Å². The van der Waals surface area contributed by atoms with Gasteiger partial charge in [-0.05, 0) is 12.8 Å². The lowest BCUT2D eigenvalue weighted by Gasteiger charge is -2.26. The minimum Gasteiger partial charge on any atom is -0.481 e. The zero-order valence-corrected chi connectivity index (χ0v) is 14.6. The number of rotatable bonds is 5. The molecule has 2 rings (SSSR count). The van der Waals surface area contributed by atoms with Crippen LogP contribution in [-0.4, -0.2) is 62.9 Å². The number of likely N-dealkylation sites (N-methyl/N-ethyl adjacent to an activating group) is 1. The number of nitrogens with one attached hydrogen (secondary N) is 1. The first kappa shape index (κ1) is 18.9. The molecule has 1 heterocycles. The number of carboxylic acids is 1. The third-order valence-corrected chi connectivity index (χ3v) is 4.47. The summed E-state index contributed by atoms with van der Waals surface area (Å²) in [4.78, 5) is 37.0. The van der Waals surface area contributed by atoms with Gasteiger partial charge < -0.3 is 15.3 Å². The minimum absolute atomic E-state index is 0.00550. The van der Waals surface area contributed by atoms with E-state index in [2.05, 4.69) is 15.6 Å². The molecule has 1 aliphatic carbocycles. The van der Waals surface area contributed by atoms with Crippen LogP contribution in [0.1, 0.15) is 49.0 Å². The van der Waals surface area contributed by atoms with E-state index < -0.39 is 23.8 Å². The first-order valence-corrected chi connectivity index (χ1v) is 8.52. The summed E-state index contributed by atoms with van der Waals surface area (Å²) in [6, 6.07) is -0.418. The Morgan fingerprint density at radius 2 is 1.92 bits per heavy atom. The lowest BCUT2D eigenvalue weighted by Crippen LogP contribution is -2.44. The summed E-state index contributed by atoms with van der Waals surface area (Å²) in [5, 5.41) is 19.8. The maximum absolute atomic E-state index is 12.4. The Balaban J connectivity index is 2.02. The number of aromatic nitrogens is 3. The van der Waals surface area contributed by atoms with E-state index >= 15 is 0 Å². The number of carboxylic acid groups (broad SMARTS) is 1. The zero-order valence-electron chi connectivity index (χ0n) is 14.6. The van der Waals surface area contributed by atoms with Crippen LogP contribution in [0.15, 0.2) is 6.20 Å². The van der Waals surface area contributed by atoms with E-state index in [0.717, 1.165) is 25.7 Å². The van der Waals surface area contributed by atoms with Gasteiger partial charge in [-0.15, -0.1) is 5.10 Å². The third kappa shape index (κ3) is 5.27. The molecule has 138 valence electrons. The average molecular weight is 351 g/mol. The number of carbonyl (C=O) groups excluding carboxylic acids is 2. The Hall–Kier alpha value is -2.45. The smallest absolute Gasteiger partial charge is 0.308 e. The molecule has 1 aromatic rings. The van der Waals surface area contributed by atoms with Gasteiger partial charge in [0.05, 0.1) is 12.1 Å².